The molecule has 0 saturated carbocycles. The van der Waals surface area contributed by atoms with Crippen molar-refractivity contribution in [1.82, 2.24) is 0 Å². The number of carbonyl (C=O) groups excluding carboxylic acids is 1. The second kappa shape index (κ2) is 3.60. The van der Waals surface area contributed by atoms with E-state index in [1.165, 1.54) is 11.8 Å². The Labute approximate surface area is 83.5 Å². The van der Waals surface area contributed by atoms with Crippen LogP contribution in [0.1, 0.15) is 6.42 Å². The van der Waals surface area contributed by atoms with Crippen LogP contribution >= 0.6 is 46.6 Å². The molecule has 1 unspecified atom stereocenters. The van der Waals surface area contributed by atoms with Crippen LogP contribution in [0.2, 0.25) is 0 Å². The lowest BCUT2D eigenvalue weighted by Crippen LogP contribution is -2.32. The first-order valence-electron chi connectivity index (χ1n) is 2.88. The normalized spacial score (nSPS) is 26.5. The predicted molar refractivity (Wildman–Crippen MR) is 47.2 cm³/mol. The van der Waals surface area contributed by atoms with Crippen LogP contribution in [0.25, 0.3) is 0 Å². The number of rotatable bonds is 0. The molecule has 1 fully saturated rings. The molecule has 1 atom stereocenters. The molecule has 2 nitrogen and oxygen atoms in total. The molecule has 0 bridgehead atoms. The van der Waals surface area contributed by atoms with Crippen molar-refractivity contribution in [1.29, 1.82) is 0 Å². The minimum Gasteiger partial charge on any atom is -0.447 e. The molecule has 11 heavy (non-hydrogen) atoms. The molecule has 0 spiro atoms. The average molecular weight is 236 g/mol. The maximum atomic E-state index is 10.7. The maximum Gasteiger partial charge on any atom is 0.307 e. The number of esters is 1. The van der Waals surface area contributed by atoms with Crippen molar-refractivity contribution < 1.29 is 9.53 Å². The molecular formula is C5H5Cl3O2S. The number of hydrogen-bond acceptors (Lipinski definition) is 3. The topological polar surface area (TPSA) is 26.3 Å². The molecule has 1 saturated heterocycles. The molecule has 0 radical (unpaired) electrons. The first-order chi connectivity index (χ1) is 5.00. The molecule has 0 amide bonds. The minimum atomic E-state index is -1.51. The lowest BCUT2D eigenvalue weighted by atomic mass is 10.5. The third-order valence-corrected chi connectivity index (χ3v) is 3.26. The number of cyclic esters (lactones) is 1. The van der Waals surface area contributed by atoms with Gasteiger partial charge in [0.2, 0.25) is 3.79 Å². The predicted octanol–water partition coefficient (Wildman–Crippen LogP) is 2.36. The van der Waals surface area contributed by atoms with Crippen molar-refractivity contribution in [3.05, 3.63) is 0 Å². The zero-order valence-electron chi connectivity index (χ0n) is 5.35. The van der Waals surface area contributed by atoms with E-state index in [0.717, 1.165) is 0 Å². The summed E-state index contributed by atoms with van der Waals surface area (Å²) >= 11 is 17.9. The van der Waals surface area contributed by atoms with Crippen molar-refractivity contribution in [3.8, 4) is 0 Å². The Kier molecular flexibility index (Phi) is 3.20. The zero-order valence-corrected chi connectivity index (χ0v) is 8.43. The molecule has 0 N–H and O–H groups in total. The van der Waals surface area contributed by atoms with E-state index in [1.807, 2.05) is 0 Å². The van der Waals surface area contributed by atoms with Crippen LogP contribution in [0, 0.1) is 0 Å². The van der Waals surface area contributed by atoms with E-state index in [0.29, 0.717) is 12.2 Å². The van der Waals surface area contributed by atoms with Crippen LogP contribution in [-0.2, 0) is 9.53 Å². The van der Waals surface area contributed by atoms with Crippen molar-refractivity contribution >= 4 is 52.5 Å². The first kappa shape index (κ1) is 9.78. The summed E-state index contributed by atoms with van der Waals surface area (Å²) in [5.41, 5.74) is -0.659. The maximum absolute atomic E-state index is 10.7. The van der Waals surface area contributed by atoms with E-state index in [4.69, 9.17) is 39.5 Å². The third-order valence-electron chi connectivity index (χ3n) is 1.08. The molecule has 1 heterocycles. The highest BCUT2D eigenvalue weighted by Gasteiger charge is 2.38. The summed E-state index contributed by atoms with van der Waals surface area (Å²) in [6.07, 6.45) is 0.391. The summed E-state index contributed by atoms with van der Waals surface area (Å²) in [7, 11) is 0. The van der Waals surface area contributed by atoms with Gasteiger partial charge < -0.3 is 4.74 Å². The van der Waals surface area contributed by atoms with Gasteiger partial charge in [-0.2, -0.15) is 0 Å². The van der Waals surface area contributed by atoms with Crippen molar-refractivity contribution in [2.45, 2.75) is 15.6 Å². The molecule has 0 aliphatic carbocycles. The Balaban J connectivity index is 2.53. The fraction of sp³-hybridized carbons (Fsp3) is 0.800. The van der Waals surface area contributed by atoms with Crippen LogP contribution in [0.3, 0.4) is 0 Å². The summed E-state index contributed by atoms with van der Waals surface area (Å²) in [5.74, 6) is 0.345. The fourth-order valence-electron chi connectivity index (χ4n) is 0.623. The Hall–Kier alpha value is 0.690. The summed E-state index contributed by atoms with van der Waals surface area (Å²) in [6, 6.07) is 0. The van der Waals surface area contributed by atoms with Crippen LogP contribution in [0.5, 0.6) is 0 Å². The summed E-state index contributed by atoms with van der Waals surface area (Å²) in [6.45, 7) is 0. The largest absolute Gasteiger partial charge is 0.447 e. The molecule has 0 aromatic rings. The van der Waals surface area contributed by atoms with Gasteiger partial charge in [0, 0.05) is 5.75 Å². The number of carbonyl (C=O) groups is 1. The van der Waals surface area contributed by atoms with E-state index in [2.05, 4.69) is 0 Å². The van der Waals surface area contributed by atoms with E-state index in [-0.39, 0.29) is 5.97 Å². The van der Waals surface area contributed by atoms with Gasteiger partial charge in [0.25, 0.3) is 0 Å². The van der Waals surface area contributed by atoms with Gasteiger partial charge in [-0.15, -0.1) is 11.8 Å². The monoisotopic (exact) mass is 234 g/mol. The highest BCUT2D eigenvalue weighted by molar-refractivity contribution is 8.00. The standard InChI is InChI=1S/C5H5Cl3O2S/c6-5(7,8)4-10-3(9)1-2-11-4/h4H,1-2H2. The van der Waals surface area contributed by atoms with Crippen molar-refractivity contribution in [3.63, 3.8) is 0 Å². The fourth-order valence-corrected chi connectivity index (χ4v) is 2.19. The Morgan fingerprint density at radius 1 is 1.55 bits per heavy atom. The average Bonchev–Trinajstić information content (AvgIpc) is 1.86. The molecule has 1 aliphatic rings. The zero-order chi connectivity index (χ0) is 8.48. The van der Waals surface area contributed by atoms with E-state index >= 15 is 0 Å². The highest BCUT2D eigenvalue weighted by atomic mass is 35.6. The summed E-state index contributed by atoms with van der Waals surface area (Å²) in [4.78, 5) is 10.7. The van der Waals surface area contributed by atoms with E-state index < -0.39 is 9.23 Å². The van der Waals surface area contributed by atoms with Gasteiger partial charge in [0.05, 0.1) is 6.42 Å². The number of hydrogen-bond donors (Lipinski definition) is 0. The van der Waals surface area contributed by atoms with E-state index in [1.54, 1.807) is 0 Å². The van der Waals surface area contributed by atoms with Gasteiger partial charge in [-0.3, -0.25) is 4.79 Å². The van der Waals surface area contributed by atoms with Gasteiger partial charge in [0.15, 0.2) is 5.44 Å². The van der Waals surface area contributed by atoms with Crippen LogP contribution in [-0.4, -0.2) is 21.0 Å². The van der Waals surface area contributed by atoms with Gasteiger partial charge in [-0.05, 0) is 0 Å². The Bertz CT molecular complexity index is 168. The van der Waals surface area contributed by atoms with Crippen molar-refractivity contribution in [2.24, 2.45) is 0 Å². The molecule has 0 aromatic carbocycles. The molecular weight excluding hydrogens is 230 g/mol. The van der Waals surface area contributed by atoms with Crippen LogP contribution < -0.4 is 0 Å². The summed E-state index contributed by atoms with van der Waals surface area (Å²) < 4.78 is 3.27. The van der Waals surface area contributed by atoms with Crippen LogP contribution in [0.4, 0.5) is 0 Å². The quantitative estimate of drug-likeness (QED) is 0.476. The first-order valence-corrected chi connectivity index (χ1v) is 5.06. The van der Waals surface area contributed by atoms with Gasteiger partial charge in [0.1, 0.15) is 0 Å². The second-order valence-corrected chi connectivity index (χ2v) is 5.52. The van der Waals surface area contributed by atoms with Crippen molar-refractivity contribution in [2.75, 3.05) is 5.75 Å². The molecule has 0 aromatic heterocycles. The SMILES string of the molecule is O=C1CCSC(C(Cl)(Cl)Cl)O1. The second-order valence-electron chi connectivity index (χ2n) is 1.98. The van der Waals surface area contributed by atoms with Gasteiger partial charge in [-0.25, -0.2) is 0 Å². The molecule has 1 rings (SSSR count). The number of thioether (sulfide) groups is 1. The number of alkyl halides is 3. The van der Waals surface area contributed by atoms with Crippen LogP contribution in [0.15, 0.2) is 0 Å². The molecule has 6 heteroatoms. The van der Waals surface area contributed by atoms with Gasteiger partial charge >= 0.3 is 5.97 Å². The minimum absolute atomic E-state index is 0.305. The van der Waals surface area contributed by atoms with E-state index in [9.17, 15) is 4.79 Å². The Morgan fingerprint density at radius 2 is 2.18 bits per heavy atom. The molecule has 1 aliphatic heterocycles. The highest BCUT2D eigenvalue weighted by Crippen LogP contribution is 2.40. The van der Waals surface area contributed by atoms with Gasteiger partial charge in [-0.1, -0.05) is 34.8 Å². The molecule has 64 valence electrons. The third kappa shape index (κ3) is 2.90. The number of ether oxygens (including phenoxy) is 1. The Morgan fingerprint density at radius 3 is 2.55 bits per heavy atom. The number of halogens is 3. The summed E-state index contributed by atoms with van der Waals surface area (Å²) in [5, 5.41) is 0. The smallest absolute Gasteiger partial charge is 0.307 e. The lowest BCUT2D eigenvalue weighted by molar-refractivity contribution is -0.145. The lowest BCUT2D eigenvalue weighted by Gasteiger charge is -2.26.